The molecule has 1 amide bonds. The molecular weight excluding hydrogens is 633 g/mol. The second-order valence-corrected chi connectivity index (χ2v) is 14.5. The molecule has 1 saturated heterocycles. The maximum absolute atomic E-state index is 15.6. The van der Waals surface area contributed by atoms with Gasteiger partial charge in [0.2, 0.25) is 0 Å². The molecule has 0 saturated carbocycles. The van der Waals surface area contributed by atoms with Gasteiger partial charge in [-0.1, -0.05) is 26.0 Å². The molecule has 3 aromatic rings. The van der Waals surface area contributed by atoms with Crippen LogP contribution in [0.4, 0.5) is 35.2 Å². The highest BCUT2D eigenvalue weighted by Crippen LogP contribution is 2.38. The number of carbonyl (C=O) groups is 1. The van der Waals surface area contributed by atoms with Crippen LogP contribution in [0.25, 0.3) is 0 Å². The Balaban J connectivity index is 1.73. The molecule has 216 valence electrons. The summed E-state index contributed by atoms with van der Waals surface area (Å²) >= 11 is 4.00. The summed E-state index contributed by atoms with van der Waals surface area (Å²) in [7, 11) is -5.08. The first-order valence-electron chi connectivity index (χ1n) is 12.1. The molecule has 1 aliphatic rings. The number of benzene rings is 2. The van der Waals surface area contributed by atoms with Crippen molar-refractivity contribution in [1.82, 2.24) is 9.88 Å². The van der Waals surface area contributed by atoms with Crippen molar-refractivity contribution in [3.05, 3.63) is 62.6 Å². The number of rotatable bonds is 7. The molecule has 0 radical (unpaired) electrons. The van der Waals surface area contributed by atoms with Crippen LogP contribution < -0.4 is 9.62 Å². The molecule has 0 aliphatic carbocycles. The summed E-state index contributed by atoms with van der Waals surface area (Å²) < 4.78 is 78.1. The molecule has 1 N–H and O–H groups in total. The summed E-state index contributed by atoms with van der Waals surface area (Å²) in [4.78, 5) is 17.7. The van der Waals surface area contributed by atoms with Gasteiger partial charge in [-0.05, 0) is 59.8 Å². The van der Waals surface area contributed by atoms with Gasteiger partial charge in [0.15, 0.2) is 17.5 Å². The van der Waals surface area contributed by atoms with Crippen molar-refractivity contribution >= 4 is 60.6 Å². The average molecular weight is 662 g/mol. The van der Waals surface area contributed by atoms with Gasteiger partial charge in [0.05, 0.1) is 16.9 Å². The molecule has 2 heterocycles. The van der Waals surface area contributed by atoms with E-state index in [0.29, 0.717) is 12.1 Å². The zero-order valence-corrected chi connectivity index (χ0v) is 25.6. The predicted octanol–water partition coefficient (Wildman–Crippen LogP) is 7.04. The van der Waals surface area contributed by atoms with E-state index in [9.17, 15) is 17.6 Å². The zero-order valence-electron chi connectivity index (χ0n) is 22.4. The summed E-state index contributed by atoms with van der Waals surface area (Å²) in [6.45, 7) is 10.7. The SMILES string of the molecule is CC1(C)CN(Cc2cccc(F)c2Nc2cc(Br)c(S(=O)(=O)N(C(=O)OC(C)(C)C)c3cscn3)c(F)c2F)C1. The first kappa shape index (κ1) is 30.3. The van der Waals surface area contributed by atoms with Crippen molar-refractivity contribution in [2.45, 2.75) is 51.7 Å². The quantitative estimate of drug-likeness (QED) is 0.272. The van der Waals surface area contributed by atoms with Crippen molar-refractivity contribution in [1.29, 1.82) is 0 Å². The summed E-state index contributed by atoms with van der Waals surface area (Å²) in [5.41, 5.74) is 0.256. The minimum absolute atomic E-state index is 0.0640. The number of aromatic nitrogens is 1. The molecule has 1 aromatic heterocycles. The Labute approximate surface area is 243 Å². The monoisotopic (exact) mass is 660 g/mol. The fourth-order valence-electron chi connectivity index (χ4n) is 4.41. The summed E-state index contributed by atoms with van der Waals surface area (Å²) in [5, 5.41) is 3.85. The van der Waals surface area contributed by atoms with Gasteiger partial charge in [0.1, 0.15) is 16.3 Å². The Kier molecular flexibility index (Phi) is 8.29. The standard InChI is InChI=1S/C26H28BrF3N4O4S2/c1-25(2,3)38-24(35)34(19-11-39-14-31-19)40(36,37)23-16(27)9-18(20(29)21(23)30)32-22-15(7-6-8-17(22)28)10-33-12-26(4,5)13-33/h6-9,11,14,32H,10,12-13H2,1-5H3. The van der Waals surface area contributed by atoms with Gasteiger partial charge in [-0.2, -0.15) is 0 Å². The third kappa shape index (κ3) is 6.29. The molecule has 0 unspecified atom stereocenters. The molecule has 14 heteroatoms. The van der Waals surface area contributed by atoms with Gasteiger partial charge >= 0.3 is 6.09 Å². The lowest BCUT2D eigenvalue weighted by Crippen LogP contribution is -2.52. The maximum atomic E-state index is 15.6. The van der Waals surface area contributed by atoms with E-state index in [1.54, 1.807) is 6.07 Å². The molecular formula is C26H28BrF3N4O4S2. The van der Waals surface area contributed by atoms with Crippen molar-refractivity contribution in [2.75, 3.05) is 22.7 Å². The molecule has 2 aromatic carbocycles. The maximum Gasteiger partial charge on any atom is 0.430 e. The van der Waals surface area contributed by atoms with E-state index in [1.807, 2.05) is 0 Å². The molecule has 0 bridgehead atoms. The highest BCUT2D eigenvalue weighted by Gasteiger charge is 2.40. The van der Waals surface area contributed by atoms with E-state index in [0.717, 1.165) is 30.5 Å². The first-order chi connectivity index (χ1) is 18.5. The van der Waals surface area contributed by atoms with Crippen molar-refractivity contribution in [2.24, 2.45) is 5.41 Å². The van der Waals surface area contributed by atoms with Gasteiger partial charge in [0.25, 0.3) is 10.0 Å². The predicted molar refractivity (Wildman–Crippen MR) is 151 cm³/mol. The lowest BCUT2D eigenvalue weighted by molar-refractivity contribution is 0.0243. The van der Waals surface area contributed by atoms with Crippen molar-refractivity contribution in [3.8, 4) is 0 Å². The van der Waals surface area contributed by atoms with E-state index in [-0.39, 0.29) is 21.2 Å². The van der Waals surface area contributed by atoms with Crippen LogP contribution in [0, 0.1) is 22.9 Å². The van der Waals surface area contributed by atoms with Crippen LogP contribution in [0.5, 0.6) is 0 Å². The van der Waals surface area contributed by atoms with E-state index < -0.39 is 54.2 Å². The number of para-hydroxylation sites is 1. The second-order valence-electron chi connectivity index (χ2n) is 11.2. The molecule has 40 heavy (non-hydrogen) atoms. The van der Waals surface area contributed by atoms with Gasteiger partial charge < -0.3 is 10.1 Å². The number of anilines is 3. The number of nitrogens with one attached hydrogen (secondary N) is 1. The van der Waals surface area contributed by atoms with Crippen molar-refractivity contribution < 1.29 is 31.1 Å². The molecule has 1 aliphatic heterocycles. The second kappa shape index (κ2) is 11.0. The number of nitrogens with zero attached hydrogens (tertiary/aromatic N) is 3. The number of hydrogen-bond acceptors (Lipinski definition) is 8. The Morgan fingerprint density at radius 1 is 1.23 bits per heavy atom. The first-order valence-corrected chi connectivity index (χ1v) is 15.3. The fourth-order valence-corrected chi connectivity index (χ4v) is 7.40. The number of halogens is 4. The number of thiazole rings is 1. The van der Waals surface area contributed by atoms with E-state index in [1.165, 1.54) is 43.8 Å². The van der Waals surface area contributed by atoms with Gasteiger partial charge in [-0.25, -0.2) is 31.4 Å². The van der Waals surface area contributed by atoms with Gasteiger partial charge in [-0.15, -0.1) is 15.6 Å². The number of sulfonamides is 1. The van der Waals surface area contributed by atoms with E-state index >= 15 is 8.78 Å². The van der Waals surface area contributed by atoms with Gasteiger partial charge in [-0.3, -0.25) is 4.90 Å². The number of ether oxygens (including phenoxy) is 1. The van der Waals surface area contributed by atoms with Crippen LogP contribution >= 0.6 is 27.3 Å². The smallest absolute Gasteiger partial charge is 0.430 e. The van der Waals surface area contributed by atoms with Crippen LogP contribution in [0.3, 0.4) is 0 Å². The summed E-state index contributed by atoms with van der Waals surface area (Å²) in [6, 6.07) is 5.35. The number of hydrogen-bond donors (Lipinski definition) is 1. The minimum atomic E-state index is -5.08. The number of likely N-dealkylation sites (tertiary alicyclic amines) is 1. The van der Waals surface area contributed by atoms with Gasteiger partial charge in [0, 0.05) is 29.5 Å². The van der Waals surface area contributed by atoms with E-state index in [2.05, 4.69) is 45.0 Å². The van der Waals surface area contributed by atoms with Crippen LogP contribution in [-0.4, -0.2) is 43.1 Å². The molecule has 0 atom stereocenters. The van der Waals surface area contributed by atoms with Crippen LogP contribution in [0.1, 0.15) is 40.2 Å². The third-order valence-corrected chi connectivity index (χ3v) is 9.05. The normalized spacial score (nSPS) is 15.4. The Hall–Kier alpha value is -2.68. The largest absolute Gasteiger partial charge is 0.443 e. The average Bonchev–Trinajstić information content (AvgIpc) is 3.30. The summed E-state index contributed by atoms with van der Waals surface area (Å²) in [5.74, 6) is -4.39. The lowest BCUT2D eigenvalue weighted by Gasteiger charge is -2.46. The minimum Gasteiger partial charge on any atom is -0.443 e. The molecule has 8 nitrogen and oxygen atoms in total. The van der Waals surface area contributed by atoms with E-state index in [4.69, 9.17) is 4.74 Å². The Morgan fingerprint density at radius 2 is 1.90 bits per heavy atom. The zero-order chi connectivity index (χ0) is 29.6. The van der Waals surface area contributed by atoms with Crippen LogP contribution in [-0.2, 0) is 21.3 Å². The highest BCUT2D eigenvalue weighted by atomic mass is 79.9. The number of carbonyl (C=O) groups excluding carboxylic acids is 1. The Bertz CT molecular complexity index is 1540. The highest BCUT2D eigenvalue weighted by molar-refractivity contribution is 9.10. The molecule has 4 rings (SSSR count). The fraction of sp³-hybridized carbons (Fsp3) is 0.385. The lowest BCUT2D eigenvalue weighted by atomic mass is 9.84. The third-order valence-electron chi connectivity index (χ3n) is 5.86. The number of amides is 1. The Morgan fingerprint density at radius 3 is 2.48 bits per heavy atom. The van der Waals surface area contributed by atoms with Crippen LogP contribution in [0.2, 0.25) is 0 Å². The van der Waals surface area contributed by atoms with Crippen LogP contribution in [0.15, 0.2) is 44.5 Å². The molecule has 0 spiro atoms. The summed E-state index contributed by atoms with van der Waals surface area (Å²) in [6.07, 6.45) is -1.35. The van der Waals surface area contributed by atoms with Crippen molar-refractivity contribution in [3.63, 3.8) is 0 Å². The molecule has 1 fully saturated rings. The topological polar surface area (TPSA) is 91.8 Å².